The van der Waals surface area contributed by atoms with E-state index in [2.05, 4.69) is 11.6 Å². The Labute approximate surface area is 174 Å². The Morgan fingerprint density at radius 2 is 2.21 bits per heavy atom. The predicted molar refractivity (Wildman–Crippen MR) is 113 cm³/mol. The molecule has 3 aliphatic heterocycles. The molecule has 5 atom stereocenters. The van der Waals surface area contributed by atoms with Crippen molar-refractivity contribution < 1.29 is 26.7 Å². The van der Waals surface area contributed by atoms with Gasteiger partial charge in [-0.3, -0.25) is 9.54 Å². The minimum Gasteiger partial charge on any atom is -0.497 e. The Balaban J connectivity index is 1.79. The molecule has 9 heteroatoms. The number of piperidine rings is 3. The molecule has 0 radical (unpaired) electrons. The highest BCUT2D eigenvalue weighted by Crippen LogP contribution is 2.52. The smallest absolute Gasteiger partial charge is 0.373 e. The highest BCUT2D eigenvalue weighted by Gasteiger charge is 2.57. The van der Waals surface area contributed by atoms with Crippen molar-refractivity contribution in [3.63, 3.8) is 0 Å². The molecule has 5 unspecified atom stereocenters. The van der Waals surface area contributed by atoms with Crippen LogP contribution in [0.1, 0.15) is 24.5 Å². The van der Waals surface area contributed by atoms with Crippen molar-refractivity contribution in [3.8, 4) is 5.75 Å². The molecule has 2 N–H and O–H groups in total. The van der Waals surface area contributed by atoms with Crippen molar-refractivity contribution in [1.82, 2.24) is 4.98 Å². The number of aliphatic hydroxyl groups excluding tert-OH is 1. The van der Waals surface area contributed by atoms with E-state index in [1.54, 1.807) is 19.4 Å². The van der Waals surface area contributed by atoms with Gasteiger partial charge in [0.2, 0.25) is 11.0 Å². The molecule has 0 spiro atoms. The van der Waals surface area contributed by atoms with Crippen molar-refractivity contribution in [2.24, 2.45) is 11.8 Å². The SMILES string of the molecule is C=CC1C[N+]2(SS(=O)(=O)O)CCC1CC2C(O)c1ccnc2ccc(OC)cc12. The first-order chi connectivity index (χ1) is 13.8. The van der Waals surface area contributed by atoms with Gasteiger partial charge in [-0.15, -0.1) is 6.58 Å². The minimum atomic E-state index is -4.29. The molecule has 0 amide bonds. The lowest BCUT2D eigenvalue weighted by Gasteiger charge is -2.55. The molecule has 3 saturated heterocycles. The monoisotopic (exact) mass is 437 g/mol. The summed E-state index contributed by atoms with van der Waals surface area (Å²) in [6, 6.07) is 6.89. The second-order valence-electron chi connectivity index (χ2n) is 7.84. The maximum Gasteiger partial charge on any atom is 0.373 e. The minimum absolute atomic E-state index is 0.0704. The summed E-state index contributed by atoms with van der Waals surface area (Å²) in [5.74, 6) is 1.17. The van der Waals surface area contributed by atoms with E-state index < -0.39 is 15.3 Å². The van der Waals surface area contributed by atoms with Crippen LogP contribution in [0.25, 0.3) is 10.9 Å². The van der Waals surface area contributed by atoms with Gasteiger partial charge >= 0.3 is 9.15 Å². The van der Waals surface area contributed by atoms with Crippen LogP contribution in [0.4, 0.5) is 0 Å². The number of methoxy groups -OCH3 is 1. The molecule has 156 valence electrons. The van der Waals surface area contributed by atoms with E-state index in [0.29, 0.717) is 47.7 Å². The Hall–Kier alpha value is -1.65. The van der Waals surface area contributed by atoms with Gasteiger partial charge in [-0.1, -0.05) is 6.08 Å². The number of ether oxygens (including phenoxy) is 1. The number of aromatic nitrogens is 1. The Bertz CT molecular complexity index is 1040. The third-order valence-corrected chi connectivity index (χ3v) is 8.91. The quantitative estimate of drug-likeness (QED) is 0.236. The van der Waals surface area contributed by atoms with Crippen molar-refractivity contribution in [1.29, 1.82) is 0 Å². The van der Waals surface area contributed by atoms with E-state index in [9.17, 15) is 18.1 Å². The first-order valence-corrected chi connectivity index (χ1v) is 12.3. The van der Waals surface area contributed by atoms with Crippen molar-refractivity contribution in [3.05, 3.63) is 48.7 Å². The molecule has 1 aromatic carbocycles. The van der Waals surface area contributed by atoms with Crippen LogP contribution in [-0.4, -0.2) is 53.2 Å². The fourth-order valence-electron chi connectivity index (χ4n) is 4.99. The van der Waals surface area contributed by atoms with Crippen LogP contribution in [-0.2, 0) is 9.15 Å². The predicted octanol–water partition coefficient (Wildman–Crippen LogP) is 3.14. The van der Waals surface area contributed by atoms with E-state index in [0.717, 1.165) is 17.3 Å². The van der Waals surface area contributed by atoms with Gasteiger partial charge in [0.15, 0.2) is 0 Å². The molecule has 1 aromatic heterocycles. The van der Waals surface area contributed by atoms with Crippen LogP contribution in [0.5, 0.6) is 5.75 Å². The molecule has 3 aliphatic rings. The summed E-state index contributed by atoms with van der Waals surface area (Å²) >= 11 is 0. The lowest BCUT2D eigenvalue weighted by molar-refractivity contribution is -0.850. The zero-order chi connectivity index (χ0) is 20.8. The number of pyridine rings is 1. The van der Waals surface area contributed by atoms with Crippen LogP contribution in [0.2, 0.25) is 0 Å². The molecule has 4 heterocycles. The van der Waals surface area contributed by atoms with E-state index >= 15 is 0 Å². The van der Waals surface area contributed by atoms with Gasteiger partial charge in [0.05, 0.1) is 25.7 Å². The Morgan fingerprint density at radius 3 is 2.90 bits per heavy atom. The maximum atomic E-state index is 11.8. The standard InChI is InChI=1S/C20H24N2O5S2/c1-3-13-12-22(28-29(24,25)26)9-7-14(13)10-19(22)20(23)16-6-8-21-18-5-4-15(27-2)11-17(16)18/h3-6,8,11,13-14,19-20,23H,1,7,9-10,12H2,2H3/p+1. The van der Waals surface area contributed by atoms with E-state index in [1.807, 2.05) is 24.3 Å². The highest BCUT2D eigenvalue weighted by atomic mass is 33.2. The third-order valence-electron chi connectivity index (χ3n) is 6.36. The van der Waals surface area contributed by atoms with Gasteiger partial charge in [-0.25, -0.2) is 3.89 Å². The van der Waals surface area contributed by atoms with E-state index in [4.69, 9.17) is 4.74 Å². The molecule has 0 saturated carbocycles. The van der Waals surface area contributed by atoms with Gasteiger partial charge in [0, 0.05) is 30.3 Å². The Morgan fingerprint density at radius 1 is 1.41 bits per heavy atom. The van der Waals surface area contributed by atoms with Crippen molar-refractivity contribution >= 4 is 31.0 Å². The largest absolute Gasteiger partial charge is 0.497 e. The number of hydrogen-bond acceptors (Lipinski definition) is 6. The second kappa shape index (κ2) is 7.55. The molecule has 2 aromatic rings. The first kappa shape index (κ1) is 20.6. The van der Waals surface area contributed by atoms with Crippen molar-refractivity contribution in [2.75, 3.05) is 20.2 Å². The topological polar surface area (TPSA) is 96.7 Å². The summed E-state index contributed by atoms with van der Waals surface area (Å²) in [5.41, 5.74) is 1.42. The van der Waals surface area contributed by atoms with Gasteiger partial charge in [-0.05, 0) is 35.7 Å². The van der Waals surface area contributed by atoms with Gasteiger partial charge in [-0.2, -0.15) is 8.42 Å². The average Bonchev–Trinajstić information content (AvgIpc) is 2.70. The average molecular weight is 438 g/mol. The third kappa shape index (κ3) is 3.77. The first-order valence-electron chi connectivity index (χ1n) is 9.55. The molecule has 0 aliphatic carbocycles. The summed E-state index contributed by atoms with van der Waals surface area (Å²) < 4.78 is 38.7. The van der Waals surface area contributed by atoms with Crippen LogP contribution < -0.4 is 4.74 Å². The number of aliphatic hydroxyl groups is 1. The summed E-state index contributed by atoms with van der Waals surface area (Å²) in [5, 5.41) is 12.2. The lowest BCUT2D eigenvalue weighted by Crippen LogP contribution is -2.64. The van der Waals surface area contributed by atoms with Gasteiger partial charge in [0.25, 0.3) is 0 Å². The fourth-order valence-corrected chi connectivity index (χ4v) is 7.96. The number of benzene rings is 1. The van der Waals surface area contributed by atoms with Crippen LogP contribution in [0.15, 0.2) is 43.1 Å². The summed E-state index contributed by atoms with van der Waals surface area (Å²) in [4.78, 5) is 4.37. The molecular weight excluding hydrogens is 412 g/mol. The number of rotatable bonds is 6. The molecule has 7 nitrogen and oxygen atoms in total. The zero-order valence-corrected chi connectivity index (χ0v) is 17.8. The molecular formula is C20H25N2O5S2+. The number of nitrogens with zero attached hydrogens (tertiary/aromatic N) is 2. The van der Waals surface area contributed by atoms with Crippen LogP contribution in [0.3, 0.4) is 0 Å². The summed E-state index contributed by atoms with van der Waals surface area (Å²) in [6.45, 7) is 5.00. The van der Waals surface area contributed by atoms with E-state index in [-0.39, 0.29) is 15.8 Å². The zero-order valence-electron chi connectivity index (χ0n) is 16.1. The fraction of sp³-hybridized carbons (Fsp3) is 0.450. The molecule has 29 heavy (non-hydrogen) atoms. The van der Waals surface area contributed by atoms with Crippen LogP contribution in [0, 0.1) is 11.8 Å². The summed E-state index contributed by atoms with van der Waals surface area (Å²) in [7, 11) is -2.17. The van der Waals surface area contributed by atoms with Gasteiger partial charge < -0.3 is 9.84 Å². The normalized spacial score (nSPS) is 30.2. The number of quaternary nitrogens is 1. The van der Waals surface area contributed by atoms with Crippen molar-refractivity contribution in [2.45, 2.75) is 25.0 Å². The number of fused-ring (bicyclic) bond motifs is 4. The molecule has 5 rings (SSSR count). The Kier molecular flexibility index (Phi) is 5.37. The molecule has 3 fully saturated rings. The van der Waals surface area contributed by atoms with E-state index in [1.165, 1.54) is 0 Å². The second-order valence-corrected chi connectivity index (χ2v) is 11.3. The van der Waals surface area contributed by atoms with Gasteiger partial charge in [0.1, 0.15) is 17.9 Å². The highest BCUT2D eigenvalue weighted by molar-refractivity contribution is 8.67. The maximum absolute atomic E-state index is 11.8. The molecule has 2 bridgehead atoms. The van der Waals surface area contributed by atoms with Crippen LogP contribution >= 0.6 is 11.0 Å². The summed E-state index contributed by atoms with van der Waals surface area (Å²) in [6.07, 6.45) is 4.12. The number of hydrogen-bond donors (Lipinski definition) is 2. The lowest BCUT2D eigenvalue weighted by atomic mass is 9.73.